The Bertz CT molecular complexity index is 431. The summed E-state index contributed by atoms with van der Waals surface area (Å²) >= 11 is 6.38. The molecule has 3 unspecified atom stereocenters. The number of hydrogen-bond donors (Lipinski definition) is 1. The van der Waals surface area contributed by atoms with Gasteiger partial charge in [-0.1, -0.05) is 31.5 Å². The van der Waals surface area contributed by atoms with Gasteiger partial charge in [-0.2, -0.15) is 0 Å². The lowest BCUT2D eigenvalue weighted by atomic mass is 9.88. The summed E-state index contributed by atoms with van der Waals surface area (Å²) in [6, 6.07) is 6.34. The fraction of sp³-hybridized carbons (Fsp3) is 0.625. The first kappa shape index (κ1) is 14.7. The van der Waals surface area contributed by atoms with Crippen molar-refractivity contribution in [3.8, 4) is 0 Å². The van der Waals surface area contributed by atoms with Crippen LogP contribution in [-0.2, 0) is 6.42 Å². The second-order valence-electron chi connectivity index (χ2n) is 6.11. The van der Waals surface area contributed by atoms with Crippen molar-refractivity contribution >= 4 is 17.3 Å². The summed E-state index contributed by atoms with van der Waals surface area (Å²) in [6.07, 6.45) is 2.10. The molecule has 0 amide bonds. The predicted octanol–water partition coefficient (Wildman–Crippen LogP) is 3.71. The number of rotatable bonds is 3. The lowest BCUT2D eigenvalue weighted by Crippen LogP contribution is -2.39. The van der Waals surface area contributed by atoms with Gasteiger partial charge in [0.1, 0.15) is 0 Å². The van der Waals surface area contributed by atoms with Gasteiger partial charge in [-0.3, -0.25) is 0 Å². The predicted molar refractivity (Wildman–Crippen MR) is 84.0 cm³/mol. The Morgan fingerprint density at radius 3 is 2.74 bits per heavy atom. The standard InChI is InChI=1S/C16H25ClN2/c1-11-7-8-19(10-12(11)2)16-6-4-5-15(17)14(16)9-13(3)18/h4-6,11-13H,7-10,18H2,1-3H3. The molecule has 0 spiro atoms. The minimum Gasteiger partial charge on any atom is -0.371 e. The fourth-order valence-electron chi connectivity index (χ4n) is 2.85. The van der Waals surface area contributed by atoms with Gasteiger partial charge in [0.15, 0.2) is 0 Å². The zero-order valence-electron chi connectivity index (χ0n) is 12.2. The first-order valence-corrected chi connectivity index (χ1v) is 7.64. The number of nitrogens with zero attached hydrogens (tertiary/aromatic N) is 1. The SMILES string of the molecule is CC(N)Cc1c(Cl)cccc1N1CCC(C)C(C)C1. The molecular formula is C16H25ClN2. The van der Waals surface area contributed by atoms with Gasteiger partial charge in [-0.25, -0.2) is 0 Å². The van der Waals surface area contributed by atoms with E-state index in [4.69, 9.17) is 17.3 Å². The van der Waals surface area contributed by atoms with E-state index in [1.54, 1.807) is 0 Å². The van der Waals surface area contributed by atoms with Crippen molar-refractivity contribution in [2.75, 3.05) is 18.0 Å². The van der Waals surface area contributed by atoms with Crippen LogP contribution in [0.25, 0.3) is 0 Å². The van der Waals surface area contributed by atoms with Gasteiger partial charge in [0, 0.05) is 29.8 Å². The van der Waals surface area contributed by atoms with Crippen molar-refractivity contribution in [1.82, 2.24) is 0 Å². The molecule has 19 heavy (non-hydrogen) atoms. The minimum atomic E-state index is 0.139. The normalized spacial score (nSPS) is 25.4. The van der Waals surface area contributed by atoms with Crippen molar-refractivity contribution in [2.24, 2.45) is 17.6 Å². The Morgan fingerprint density at radius 1 is 1.37 bits per heavy atom. The minimum absolute atomic E-state index is 0.139. The van der Waals surface area contributed by atoms with Crippen LogP contribution in [0.5, 0.6) is 0 Å². The Morgan fingerprint density at radius 2 is 2.11 bits per heavy atom. The average Bonchev–Trinajstić information content (AvgIpc) is 2.35. The quantitative estimate of drug-likeness (QED) is 0.914. The van der Waals surface area contributed by atoms with Gasteiger partial charge in [0.05, 0.1) is 0 Å². The number of nitrogens with two attached hydrogens (primary N) is 1. The molecule has 1 aromatic rings. The van der Waals surface area contributed by atoms with Crippen LogP contribution in [0.15, 0.2) is 18.2 Å². The molecule has 1 fully saturated rings. The monoisotopic (exact) mass is 280 g/mol. The molecule has 1 aromatic carbocycles. The molecule has 1 aliphatic heterocycles. The molecule has 1 saturated heterocycles. The lowest BCUT2D eigenvalue weighted by Gasteiger charge is -2.38. The smallest absolute Gasteiger partial charge is 0.0459 e. The van der Waals surface area contributed by atoms with Crippen molar-refractivity contribution in [3.05, 3.63) is 28.8 Å². The molecule has 3 heteroatoms. The molecule has 0 bridgehead atoms. The Kier molecular flexibility index (Phi) is 4.75. The molecule has 106 valence electrons. The first-order valence-electron chi connectivity index (χ1n) is 7.27. The summed E-state index contributed by atoms with van der Waals surface area (Å²) in [5, 5.41) is 0.848. The van der Waals surface area contributed by atoms with E-state index in [1.807, 2.05) is 19.1 Å². The second kappa shape index (κ2) is 6.15. The summed E-state index contributed by atoms with van der Waals surface area (Å²) < 4.78 is 0. The van der Waals surface area contributed by atoms with Crippen LogP contribution < -0.4 is 10.6 Å². The van der Waals surface area contributed by atoms with E-state index in [2.05, 4.69) is 24.8 Å². The molecule has 0 aromatic heterocycles. The molecule has 0 saturated carbocycles. The summed E-state index contributed by atoms with van der Waals surface area (Å²) in [5.74, 6) is 1.54. The Labute approximate surface area is 121 Å². The molecule has 2 nitrogen and oxygen atoms in total. The molecule has 3 atom stereocenters. The highest BCUT2D eigenvalue weighted by Crippen LogP contribution is 2.33. The van der Waals surface area contributed by atoms with E-state index in [1.165, 1.54) is 17.7 Å². The number of hydrogen-bond acceptors (Lipinski definition) is 2. The largest absolute Gasteiger partial charge is 0.371 e. The van der Waals surface area contributed by atoms with Crippen LogP contribution in [-0.4, -0.2) is 19.1 Å². The van der Waals surface area contributed by atoms with Gasteiger partial charge in [0.25, 0.3) is 0 Å². The van der Waals surface area contributed by atoms with Crippen LogP contribution in [0.1, 0.15) is 32.8 Å². The second-order valence-corrected chi connectivity index (χ2v) is 6.52. The van der Waals surface area contributed by atoms with Gasteiger partial charge in [0.2, 0.25) is 0 Å². The number of halogens is 1. The molecule has 1 aliphatic rings. The van der Waals surface area contributed by atoms with E-state index >= 15 is 0 Å². The zero-order valence-corrected chi connectivity index (χ0v) is 13.0. The highest BCUT2D eigenvalue weighted by atomic mass is 35.5. The van der Waals surface area contributed by atoms with Gasteiger partial charge < -0.3 is 10.6 Å². The zero-order chi connectivity index (χ0) is 14.0. The van der Waals surface area contributed by atoms with Gasteiger partial charge in [-0.05, 0) is 49.3 Å². The van der Waals surface area contributed by atoms with Crippen LogP contribution in [0.2, 0.25) is 5.02 Å². The van der Waals surface area contributed by atoms with E-state index in [9.17, 15) is 0 Å². The van der Waals surface area contributed by atoms with Crippen molar-refractivity contribution in [1.29, 1.82) is 0 Å². The molecular weight excluding hydrogens is 256 g/mol. The maximum Gasteiger partial charge on any atom is 0.0459 e. The van der Waals surface area contributed by atoms with Crippen LogP contribution >= 0.6 is 11.6 Å². The van der Waals surface area contributed by atoms with Crippen molar-refractivity contribution < 1.29 is 0 Å². The summed E-state index contributed by atoms with van der Waals surface area (Å²) in [5.41, 5.74) is 8.45. The van der Waals surface area contributed by atoms with Gasteiger partial charge in [-0.15, -0.1) is 0 Å². The summed E-state index contributed by atoms with van der Waals surface area (Å²) in [6.45, 7) is 8.97. The summed E-state index contributed by atoms with van der Waals surface area (Å²) in [4.78, 5) is 2.48. The first-order chi connectivity index (χ1) is 8.99. The average molecular weight is 281 g/mol. The van der Waals surface area contributed by atoms with Crippen molar-refractivity contribution in [2.45, 2.75) is 39.7 Å². The number of benzene rings is 1. The maximum absolute atomic E-state index is 6.38. The lowest BCUT2D eigenvalue weighted by molar-refractivity contribution is 0.323. The van der Waals surface area contributed by atoms with E-state index < -0.39 is 0 Å². The molecule has 0 radical (unpaired) electrons. The molecule has 0 aliphatic carbocycles. The highest BCUT2D eigenvalue weighted by molar-refractivity contribution is 6.31. The summed E-state index contributed by atoms with van der Waals surface area (Å²) in [7, 11) is 0. The third kappa shape index (κ3) is 3.43. The third-order valence-electron chi connectivity index (χ3n) is 4.30. The third-order valence-corrected chi connectivity index (χ3v) is 4.65. The number of anilines is 1. The van der Waals surface area contributed by atoms with Crippen LogP contribution in [0, 0.1) is 11.8 Å². The highest BCUT2D eigenvalue weighted by Gasteiger charge is 2.24. The van der Waals surface area contributed by atoms with E-state index in [0.29, 0.717) is 0 Å². The molecule has 2 N–H and O–H groups in total. The molecule has 1 heterocycles. The Balaban J connectivity index is 2.26. The van der Waals surface area contributed by atoms with E-state index in [-0.39, 0.29) is 6.04 Å². The topological polar surface area (TPSA) is 29.3 Å². The van der Waals surface area contributed by atoms with E-state index in [0.717, 1.165) is 36.4 Å². The van der Waals surface area contributed by atoms with Gasteiger partial charge >= 0.3 is 0 Å². The van der Waals surface area contributed by atoms with Crippen LogP contribution in [0.4, 0.5) is 5.69 Å². The van der Waals surface area contributed by atoms with Crippen LogP contribution in [0.3, 0.4) is 0 Å². The maximum atomic E-state index is 6.38. The fourth-order valence-corrected chi connectivity index (χ4v) is 3.10. The number of piperidine rings is 1. The Hall–Kier alpha value is -0.730. The molecule has 2 rings (SSSR count). The van der Waals surface area contributed by atoms with Crippen molar-refractivity contribution in [3.63, 3.8) is 0 Å².